The van der Waals surface area contributed by atoms with Crippen LogP contribution in [0.2, 0.25) is 0 Å². The Morgan fingerprint density at radius 3 is 2.52 bits per heavy atom. The molecular weight excluding hydrogens is 344 g/mol. The van der Waals surface area contributed by atoms with Crippen molar-refractivity contribution >= 4 is 17.6 Å². The lowest BCUT2D eigenvalue weighted by atomic mass is 9.85. The number of hydrogen-bond donors (Lipinski definition) is 1. The number of carbonyl (C=O) groups is 2. The fourth-order valence-electron chi connectivity index (χ4n) is 4.00. The number of anilines is 1. The molecule has 1 aliphatic carbocycles. The predicted molar refractivity (Wildman–Crippen MR) is 99.7 cm³/mol. The third-order valence-electron chi connectivity index (χ3n) is 5.64. The molecule has 2 amide bonds. The average molecular weight is 368 g/mol. The lowest BCUT2D eigenvalue weighted by Gasteiger charge is -2.41. The largest absolute Gasteiger partial charge is 0.342 e. The second-order valence-electron chi connectivity index (χ2n) is 7.30. The first-order valence-corrected chi connectivity index (χ1v) is 9.32. The third-order valence-corrected chi connectivity index (χ3v) is 5.64. The molecule has 1 N–H and O–H groups in total. The summed E-state index contributed by atoms with van der Waals surface area (Å²) in [6.07, 6.45) is 13.8. The van der Waals surface area contributed by atoms with Gasteiger partial charge in [-0.05, 0) is 25.7 Å². The van der Waals surface area contributed by atoms with E-state index in [2.05, 4.69) is 27.6 Å². The quantitative estimate of drug-likeness (QED) is 0.830. The number of aromatic nitrogens is 4. The monoisotopic (exact) mass is 368 g/mol. The molecule has 4 rings (SSSR count). The van der Waals surface area contributed by atoms with Gasteiger partial charge in [-0.25, -0.2) is 4.98 Å². The molecule has 1 fully saturated rings. The summed E-state index contributed by atoms with van der Waals surface area (Å²) in [5, 5.41) is 7.17. The molecule has 2 aromatic rings. The fourth-order valence-corrected chi connectivity index (χ4v) is 4.00. The summed E-state index contributed by atoms with van der Waals surface area (Å²) >= 11 is 0. The number of imidazole rings is 1. The van der Waals surface area contributed by atoms with Crippen LogP contribution in [-0.2, 0) is 22.2 Å². The molecule has 8 heteroatoms. The Labute approximate surface area is 157 Å². The zero-order chi connectivity index (χ0) is 18.9. The van der Waals surface area contributed by atoms with Crippen molar-refractivity contribution in [2.45, 2.75) is 31.2 Å². The SMILES string of the molecule is Cn1ccc(NC(=O)C2(n3ccnc3)CCN(C(=O)C3CC=CC3)CC2)n1. The number of piperidine rings is 1. The highest BCUT2D eigenvalue weighted by Crippen LogP contribution is 2.33. The number of rotatable bonds is 4. The fraction of sp³-hybridized carbons (Fsp3) is 0.474. The summed E-state index contributed by atoms with van der Waals surface area (Å²) in [6.45, 7) is 1.12. The molecular formula is C19H24N6O2. The molecule has 2 aliphatic rings. The minimum atomic E-state index is -0.765. The second-order valence-corrected chi connectivity index (χ2v) is 7.30. The molecule has 1 aliphatic heterocycles. The number of amides is 2. The molecule has 3 heterocycles. The van der Waals surface area contributed by atoms with Gasteiger partial charge in [0.2, 0.25) is 5.91 Å². The van der Waals surface area contributed by atoms with Crippen molar-refractivity contribution in [3.8, 4) is 0 Å². The molecule has 27 heavy (non-hydrogen) atoms. The third kappa shape index (κ3) is 3.27. The number of likely N-dealkylation sites (tertiary alicyclic amines) is 1. The Balaban J connectivity index is 1.51. The van der Waals surface area contributed by atoms with Crippen LogP contribution in [-0.4, -0.2) is 49.1 Å². The summed E-state index contributed by atoms with van der Waals surface area (Å²) in [6, 6.07) is 1.77. The molecule has 0 aromatic carbocycles. The highest BCUT2D eigenvalue weighted by atomic mass is 16.2. The van der Waals surface area contributed by atoms with Crippen molar-refractivity contribution in [1.29, 1.82) is 0 Å². The van der Waals surface area contributed by atoms with Crippen molar-refractivity contribution in [3.63, 3.8) is 0 Å². The lowest BCUT2D eigenvalue weighted by Crippen LogP contribution is -2.54. The molecule has 0 atom stereocenters. The van der Waals surface area contributed by atoms with Crippen LogP contribution in [0.1, 0.15) is 25.7 Å². The van der Waals surface area contributed by atoms with Crippen LogP contribution in [0.4, 0.5) is 5.82 Å². The van der Waals surface area contributed by atoms with Crippen LogP contribution in [0.15, 0.2) is 43.1 Å². The number of nitrogens with zero attached hydrogens (tertiary/aromatic N) is 5. The summed E-state index contributed by atoms with van der Waals surface area (Å²) in [7, 11) is 1.81. The van der Waals surface area contributed by atoms with E-state index in [4.69, 9.17) is 0 Å². The molecule has 1 saturated heterocycles. The van der Waals surface area contributed by atoms with E-state index in [1.165, 1.54) is 0 Å². The van der Waals surface area contributed by atoms with Crippen LogP contribution < -0.4 is 5.32 Å². The van der Waals surface area contributed by atoms with Gasteiger partial charge in [0.15, 0.2) is 5.82 Å². The van der Waals surface area contributed by atoms with Gasteiger partial charge in [-0.1, -0.05) is 12.2 Å². The number of nitrogens with one attached hydrogen (secondary N) is 1. The Morgan fingerprint density at radius 2 is 1.93 bits per heavy atom. The second kappa shape index (κ2) is 7.02. The van der Waals surface area contributed by atoms with Gasteiger partial charge in [-0.15, -0.1) is 0 Å². The lowest BCUT2D eigenvalue weighted by molar-refractivity contribution is -0.140. The summed E-state index contributed by atoms with van der Waals surface area (Å²) in [5.41, 5.74) is -0.765. The van der Waals surface area contributed by atoms with Crippen molar-refractivity contribution in [3.05, 3.63) is 43.1 Å². The minimum Gasteiger partial charge on any atom is -0.342 e. The molecule has 0 bridgehead atoms. The molecule has 0 radical (unpaired) electrons. The maximum atomic E-state index is 13.2. The Kier molecular flexibility index (Phi) is 4.55. The van der Waals surface area contributed by atoms with Crippen LogP contribution in [0.3, 0.4) is 0 Å². The van der Waals surface area contributed by atoms with E-state index in [1.807, 2.05) is 22.7 Å². The van der Waals surface area contributed by atoms with Crippen molar-refractivity contribution in [2.75, 3.05) is 18.4 Å². The first-order chi connectivity index (χ1) is 13.1. The van der Waals surface area contributed by atoms with Gasteiger partial charge in [0.05, 0.1) is 6.33 Å². The van der Waals surface area contributed by atoms with E-state index in [1.54, 1.807) is 29.5 Å². The van der Waals surface area contributed by atoms with E-state index in [0.717, 1.165) is 12.8 Å². The van der Waals surface area contributed by atoms with Gasteiger partial charge in [-0.2, -0.15) is 5.10 Å². The molecule has 0 saturated carbocycles. The first-order valence-electron chi connectivity index (χ1n) is 9.32. The number of allylic oxidation sites excluding steroid dienone is 2. The molecule has 0 unspecified atom stereocenters. The zero-order valence-corrected chi connectivity index (χ0v) is 15.4. The average Bonchev–Trinajstić information content (AvgIpc) is 3.44. The number of aryl methyl sites for hydroxylation is 1. The predicted octanol–water partition coefficient (Wildman–Crippen LogP) is 1.54. The first kappa shape index (κ1) is 17.5. The highest BCUT2D eigenvalue weighted by molar-refractivity contribution is 5.96. The van der Waals surface area contributed by atoms with E-state index in [0.29, 0.717) is 31.7 Å². The van der Waals surface area contributed by atoms with Gasteiger partial charge in [0.1, 0.15) is 5.54 Å². The van der Waals surface area contributed by atoms with Crippen molar-refractivity contribution in [2.24, 2.45) is 13.0 Å². The summed E-state index contributed by atoms with van der Waals surface area (Å²) in [4.78, 5) is 32.0. The van der Waals surface area contributed by atoms with Crippen LogP contribution >= 0.6 is 0 Å². The van der Waals surface area contributed by atoms with Crippen LogP contribution in [0.5, 0.6) is 0 Å². The van der Waals surface area contributed by atoms with Gasteiger partial charge < -0.3 is 14.8 Å². The normalized spacial score (nSPS) is 19.4. The standard InChI is InChI=1S/C19H24N6O2/c1-23-10-6-16(22-23)21-18(27)19(25-13-9-20-14-25)7-11-24(12-8-19)17(26)15-4-2-3-5-15/h2-3,6,9-10,13-15H,4-5,7-8,11-12H2,1H3,(H,21,22,27). The van der Waals surface area contributed by atoms with E-state index in [9.17, 15) is 9.59 Å². The van der Waals surface area contributed by atoms with Gasteiger partial charge in [-0.3, -0.25) is 14.3 Å². The van der Waals surface area contributed by atoms with Gasteiger partial charge in [0, 0.05) is 50.7 Å². The van der Waals surface area contributed by atoms with Crippen molar-refractivity contribution < 1.29 is 9.59 Å². The Hall–Kier alpha value is -2.90. The molecule has 2 aromatic heterocycles. The van der Waals surface area contributed by atoms with Crippen LogP contribution in [0, 0.1) is 5.92 Å². The van der Waals surface area contributed by atoms with Crippen molar-refractivity contribution in [1.82, 2.24) is 24.2 Å². The smallest absolute Gasteiger partial charge is 0.251 e. The highest BCUT2D eigenvalue weighted by Gasteiger charge is 2.44. The number of hydrogen-bond acceptors (Lipinski definition) is 4. The summed E-state index contributed by atoms with van der Waals surface area (Å²) < 4.78 is 3.51. The van der Waals surface area contributed by atoms with Crippen LogP contribution in [0.25, 0.3) is 0 Å². The topological polar surface area (TPSA) is 85.0 Å². The maximum absolute atomic E-state index is 13.2. The molecule has 0 spiro atoms. The van der Waals surface area contributed by atoms with Gasteiger partial charge >= 0.3 is 0 Å². The minimum absolute atomic E-state index is 0.0630. The van der Waals surface area contributed by atoms with E-state index < -0.39 is 5.54 Å². The molecule has 8 nitrogen and oxygen atoms in total. The zero-order valence-electron chi connectivity index (χ0n) is 15.4. The Bertz CT molecular complexity index is 837. The maximum Gasteiger partial charge on any atom is 0.251 e. The van der Waals surface area contributed by atoms with E-state index in [-0.39, 0.29) is 17.7 Å². The van der Waals surface area contributed by atoms with E-state index >= 15 is 0 Å². The van der Waals surface area contributed by atoms with Gasteiger partial charge in [0.25, 0.3) is 5.91 Å². The summed E-state index contributed by atoms with van der Waals surface area (Å²) in [5.74, 6) is 0.670. The number of carbonyl (C=O) groups excluding carboxylic acids is 2. The molecule has 142 valence electrons. The Morgan fingerprint density at radius 1 is 1.19 bits per heavy atom.